The van der Waals surface area contributed by atoms with Crippen LogP contribution in [-0.4, -0.2) is 33.1 Å². The van der Waals surface area contributed by atoms with Crippen LogP contribution < -0.4 is 16.8 Å². The zero-order valence-electron chi connectivity index (χ0n) is 15.5. The van der Waals surface area contributed by atoms with E-state index in [1.807, 2.05) is 27.7 Å². The number of hydrogen-bond donors (Lipinski definition) is 2. The van der Waals surface area contributed by atoms with Crippen molar-refractivity contribution in [2.75, 3.05) is 18.4 Å². The fraction of sp³-hybridized carbons (Fsp3) is 0.375. The molecule has 1 aromatic carbocycles. The second-order valence-corrected chi connectivity index (χ2v) is 5.24. The molecule has 148 valence electrons. The molecule has 3 rings (SSSR count). The fourth-order valence-electron chi connectivity index (χ4n) is 1.89. The van der Waals surface area contributed by atoms with Crippen molar-refractivity contribution < 1.29 is 13.5 Å². The third-order valence-electron chi connectivity index (χ3n) is 2.90. The number of rotatable bonds is 5. The highest BCUT2D eigenvalue weighted by atomic mass is 79.9. The van der Waals surface area contributed by atoms with Crippen LogP contribution in [0.1, 0.15) is 27.7 Å². The van der Waals surface area contributed by atoms with Crippen LogP contribution in [0.25, 0.3) is 17.2 Å². The summed E-state index contributed by atoms with van der Waals surface area (Å²) in [5, 5.41) is 14.0. The van der Waals surface area contributed by atoms with Crippen LogP contribution in [0.15, 0.2) is 36.6 Å². The molecule has 0 radical (unpaired) electrons. The molecule has 0 bridgehead atoms. The number of nitrogens with zero attached hydrogens (tertiary/aromatic N) is 4. The molecule has 0 amide bonds. The maximum Gasteiger partial charge on any atom is 0.446 e. The molecule has 0 atom stereocenters. The van der Waals surface area contributed by atoms with Crippen LogP contribution in [0.3, 0.4) is 0 Å². The molecule has 0 spiro atoms. The number of benzene rings is 1. The normalized spacial score (nSPS) is 9.74. The maximum absolute atomic E-state index is 13.4. The smallest absolute Gasteiger partial charge is 0.364 e. The van der Waals surface area contributed by atoms with Crippen molar-refractivity contribution in [3.05, 3.63) is 39.0 Å². The molecule has 0 unspecified atom stereocenters. The summed E-state index contributed by atoms with van der Waals surface area (Å²) >= 11 is 3.06. The Labute approximate surface area is 163 Å². The third-order valence-corrected chi connectivity index (χ3v) is 3.51. The lowest BCUT2D eigenvalue weighted by atomic mass is 10.3. The minimum absolute atomic E-state index is 0.0641. The van der Waals surface area contributed by atoms with Crippen LogP contribution >= 0.6 is 15.9 Å². The molecule has 3 N–H and O–H groups in total. The first kappa shape index (κ1) is 22.5. The van der Waals surface area contributed by atoms with Crippen LogP contribution in [0.4, 0.5) is 10.2 Å². The van der Waals surface area contributed by atoms with Crippen LogP contribution in [0.5, 0.6) is 0 Å². The van der Waals surface area contributed by atoms with E-state index >= 15 is 0 Å². The van der Waals surface area contributed by atoms with Gasteiger partial charge in [-0.2, -0.15) is 0 Å². The van der Waals surface area contributed by atoms with Gasteiger partial charge >= 0.3 is 5.76 Å². The maximum atomic E-state index is 13.4. The summed E-state index contributed by atoms with van der Waals surface area (Å²) in [5.41, 5.74) is 5.93. The van der Waals surface area contributed by atoms with E-state index in [0.717, 1.165) is 4.57 Å². The Morgan fingerprint density at radius 1 is 1.22 bits per heavy atom. The molecule has 0 saturated carbocycles. The average molecular weight is 445 g/mol. The predicted molar refractivity (Wildman–Crippen MR) is 103 cm³/mol. The van der Waals surface area contributed by atoms with E-state index in [1.165, 1.54) is 18.2 Å². The molecule has 11 heteroatoms. The Morgan fingerprint density at radius 3 is 2.56 bits per heavy atom. The van der Waals surface area contributed by atoms with Crippen molar-refractivity contribution in [1.82, 2.24) is 20.0 Å². The first-order chi connectivity index (χ1) is 13.1. The molecule has 0 saturated heterocycles. The van der Waals surface area contributed by atoms with Gasteiger partial charge in [0.05, 0.1) is 10.2 Å². The summed E-state index contributed by atoms with van der Waals surface area (Å²) in [6, 6.07) is 4.03. The molecular formula is C16H22BrFN6O3. The van der Waals surface area contributed by atoms with E-state index in [-0.39, 0.29) is 21.8 Å². The van der Waals surface area contributed by atoms with Gasteiger partial charge in [0.2, 0.25) is 11.6 Å². The van der Waals surface area contributed by atoms with Gasteiger partial charge in [0, 0.05) is 13.1 Å². The van der Waals surface area contributed by atoms with Gasteiger partial charge in [-0.05, 0) is 44.4 Å². The lowest BCUT2D eigenvalue weighted by Crippen LogP contribution is -2.16. The SMILES string of the molecule is CC.CC.NCCNc1nonc1-c1noc(=O)n1-c1ccc(F)c(Br)c1. The summed E-state index contributed by atoms with van der Waals surface area (Å²) < 4.78 is 24.1. The van der Waals surface area contributed by atoms with Gasteiger partial charge in [0.25, 0.3) is 0 Å². The van der Waals surface area contributed by atoms with Crippen molar-refractivity contribution in [2.24, 2.45) is 5.73 Å². The Kier molecular flexibility index (Phi) is 9.37. The van der Waals surface area contributed by atoms with Crippen LogP contribution in [0, 0.1) is 5.82 Å². The zero-order valence-corrected chi connectivity index (χ0v) is 17.1. The van der Waals surface area contributed by atoms with Gasteiger partial charge in [0.15, 0.2) is 5.69 Å². The van der Waals surface area contributed by atoms with Crippen molar-refractivity contribution in [2.45, 2.75) is 27.7 Å². The number of anilines is 1. The molecule has 3 aromatic rings. The van der Waals surface area contributed by atoms with Crippen molar-refractivity contribution in [3.8, 4) is 17.2 Å². The van der Waals surface area contributed by atoms with E-state index < -0.39 is 11.6 Å². The molecule has 2 heterocycles. The molecule has 0 aliphatic heterocycles. The second kappa shape index (κ2) is 11.2. The van der Waals surface area contributed by atoms with E-state index in [1.54, 1.807) is 0 Å². The Balaban J connectivity index is 0.000000855. The second-order valence-electron chi connectivity index (χ2n) is 4.38. The number of nitrogens with one attached hydrogen (secondary N) is 1. The highest BCUT2D eigenvalue weighted by Crippen LogP contribution is 2.25. The highest BCUT2D eigenvalue weighted by molar-refractivity contribution is 9.10. The Morgan fingerprint density at radius 2 is 1.93 bits per heavy atom. The summed E-state index contributed by atoms with van der Waals surface area (Å²) in [6.07, 6.45) is 0. The molecule has 2 aromatic heterocycles. The van der Waals surface area contributed by atoms with Crippen molar-refractivity contribution >= 4 is 21.7 Å². The van der Waals surface area contributed by atoms with Crippen molar-refractivity contribution in [3.63, 3.8) is 0 Å². The van der Waals surface area contributed by atoms with E-state index in [0.29, 0.717) is 18.8 Å². The van der Waals surface area contributed by atoms with Gasteiger partial charge in [-0.15, -0.1) is 0 Å². The number of aromatic nitrogens is 4. The highest BCUT2D eigenvalue weighted by Gasteiger charge is 2.22. The number of nitrogens with two attached hydrogens (primary N) is 1. The summed E-state index contributed by atoms with van der Waals surface area (Å²) in [5.74, 6) is -0.896. The molecule has 0 fully saturated rings. The minimum Gasteiger partial charge on any atom is -0.364 e. The number of halogens is 2. The first-order valence-corrected chi connectivity index (χ1v) is 9.22. The molecule has 9 nitrogen and oxygen atoms in total. The third kappa shape index (κ3) is 5.23. The van der Waals surface area contributed by atoms with Gasteiger partial charge in [-0.3, -0.25) is 4.52 Å². The predicted octanol–water partition coefficient (Wildman–Crippen LogP) is 3.20. The standard InChI is InChI=1S/C12H10BrFN6O3.2C2H6/c13-7-5-6(1-2-8(7)14)20-11(19-22-12(20)21)9-10(16-4-3-15)18-23-17-9;2*1-2/h1-2,5H,3-4,15H2,(H,16,18);2*1-2H3. The van der Waals surface area contributed by atoms with Crippen molar-refractivity contribution in [1.29, 1.82) is 0 Å². The van der Waals surface area contributed by atoms with Gasteiger partial charge in [-0.1, -0.05) is 32.9 Å². The quantitative estimate of drug-likeness (QED) is 0.614. The Bertz CT molecular complexity index is 892. The summed E-state index contributed by atoms with van der Waals surface area (Å²) in [4.78, 5) is 12.0. The van der Waals surface area contributed by atoms with Gasteiger partial charge in [-0.25, -0.2) is 18.4 Å². The lowest BCUT2D eigenvalue weighted by molar-refractivity contribution is 0.309. The molecule has 0 aliphatic carbocycles. The van der Waals surface area contributed by atoms with Gasteiger partial charge in [0.1, 0.15) is 5.82 Å². The monoisotopic (exact) mass is 444 g/mol. The first-order valence-electron chi connectivity index (χ1n) is 8.43. The lowest BCUT2D eigenvalue weighted by Gasteiger charge is -2.05. The van der Waals surface area contributed by atoms with Crippen LogP contribution in [0.2, 0.25) is 0 Å². The van der Waals surface area contributed by atoms with Crippen LogP contribution in [-0.2, 0) is 0 Å². The van der Waals surface area contributed by atoms with E-state index in [9.17, 15) is 9.18 Å². The summed E-state index contributed by atoms with van der Waals surface area (Å²) in [6.45, 7) is 8.79. The average Bonchev–Trinajstić information content (AvgIpc) is 3.31. The van der Waals surface area contributed by atoms with E-state index in [2.05, 4.69) is 45.9 Å². The topological polar surface area (TPSA) is 125 Å². The summed E-state index contributed by atoms with van der Waals surface area (Å²) in [7, 11) is 0. The number of hydrogen-bond acceptors (Lipinski definition) is 8. The molecule has 27 heavy (non-hydrogen) atoms. The van der Waals surface area contributed by atoms with E-state index in [4.69, 9.17) is 5.73 Å². The molecular weight excluding hydrogens is 423 g/mol. The zero-order chi connectivity index (χ0) is 20.4. The Hall–Kier alpha value is -2.53. The fourth-order valence-corrected chi connectivity index (χ4v) is 2.26. The van der Waals surface area contributed by atoms with Gasteiger partial charge < -0.3 is 11.1 Å². The largest absolute Gasteiger partial charge is 0.446 e. The molecule has 0 aliphatic rings. The minimum atomic E-state index is -0.758.